The normalized spacial score (nSPS) is 10.4. The molecule has 0 unspecified atom stereocenters. The van der Waals surface area contributed by atoms with Crippen LogP contribution in [0.4, 0.5) is 14.5 Å². The summed E-state index contributed by atoms with van der Waals surface area (Å²) in [6, 6.07) is 6.76. The summed E-state index contributed by atoms with van der Waals surface area (Å²) in [6.07, 6.45) is 0. The average molecular weight is 361 g/mol. The minimum absolute atomic E-state index is 0.196. The third kappa shape index (κ3) is 2.99. The zero-order valence-corrected chi connectivity index (χ0v) is 12.6. The SMILES string of the molecule is Cc1cc(C(=O)Nc2cccc(Cl)c2Br)c(F)cc1F. The van der Waals surface area contributed by atoms with Crippen LogP contribution in [0.25, 0.3) is 0 Å². The van der Waals surface area contributed by atoms with Crippen LogP contribution in [0.3, 0.4) is 0 Å². The molecule has 20 heavy (non-hydrogen) atoms. The smallest absolute Gasteiger partial charge is 0.258 e. The second kappa shape index (κ2) is 5.89. The van der Waals surface area contributed by atoms with Gasteiger partial charge in [-0.15, -0.1) is 0 Å². The molecular formula is C14H9BrClF2NO. The number of halogens is 4. The highest BCUT2D eigenvalue weighted by molar-refractivity contribution is 9.10. The maximum absolute atomic E-state index is 13.6. The topological polar surface area (TPSA) is 29.1 Å². The molecule has 0 saturated heterocycles. The van der Waals surface area contributed by atoms with Crippen molar-refractivity contribution in [3.8, 4) is 0 Å². The summed E-state index contributed by atoms with van der Waals surface area (Å²) in [4.78, 5) is 12.0. The second-order valence-electron chi connectivity index (χ2n) is 4.14. The van der Waals surface area contributed by atoms with Crippen LogP contribution in [0.1, 0.15) is 15.9 Å². The molecule has 1 N–H and O–H groups in total. The van der Waals surface area contributed by atoms with Gasteiger partial charge in [-0.05, 0) is 46.6 Å². The van der Waals surface area contributed by atoms with Gasteiger partial charge in [0.2, 0.25) is 0 Å². The van der Waals surface area contributed by atoms with Crippen molar-refractivity contribution in [2.45, 2.75) is 6.92 Å². The number of carbonyl (C=O) groups is 1. The Morgan fingerprint density at radius 3 is 2.65 bits per heavy atom. The molecule has 0 aliphatic carbocycles. The number of aryl methyl sites for hydroxylation is 1. The van der Waals surface area contributed by atoms with Crippen molar-refractivity contribution in [3.05, 3.63) is 62.6 Å². The van der Waals surface area contributed by atoms with Gasteiger partial charge in [0.25, 0.3) is 5.91 Å². The fraction of sp³-hybridized carbons (Fsp3) is 0.0714. The zero-order chi connectivity index (χ0) is 14.9. The van der Waals surface area contributed by atoms with E-state index in [-0.39, 0.29) is 11.1 Å². The molecule has 0 heterocycles. The summed E-state index contributed by atoms with van der Waals surface area (Å²) in [5, 5.41) is 2.94. The number of benzene rings is 2. The molecule has 2 rings (SSSR count). The zero-order valence-electron chi connectivity index (χ0n) is 10.3. The lowest BCUT2D eigenvalue weighted by atomic mass is 10.1. The maximum atomic E-state index is 13.6. The summed E-state index contributed by atoms with van der Waals surface area (Å²) in [7, 11) is 0. The molecule has 0 atom stereocenters. The summed E-state index contributed by atoms with van der Waals surface area (Å²) in [6.45, 7) is 1.46. The minimum atomic E-state index is -0.913. The van der Waals surface area contributed by atoms with Crippen molar-refractivity contribution in [3.63, 3.8) is 0 Å². The first kappa shape index (κ1) is 14.9. The quantitative estimate of drug-likeness (QED) is 0.807. The average Bonchev–Trinajstić information content (AvgIpc) is 2.39. The Morgan fingerprint density at radius 1 is 1.25 bits per heavy atom. The Labute approximate surface area is 127 Å². The molecule has 104 valence electrons. The first-order valence-electron chi connectivity index (χ1n) is 5.61. The van der Waals surface area contributed by atoms with E-state index in [0.717, 1.165) is 0 Å². The van der Waals surface area contributed by atoms with E-state index in [1.807, 2.05) is 0 Å². The lowest BCUT2D eigenvalue weighted by Crippen LogP contribution is -2.15. The Morgan fingerprint density at radius 2 is 1.95 bits per heavy atom. The number of anilines is 1. The number of hydrogen-bond donors (Lipinski definition) is 1. The Bertz CT molecular complexity index is 691. The van der Waals surface area contributed by atoms with Crippen molar-refractivity contribution in [1.82, 2.24) is 0 Å². The fourth-order valence-electron chi connectivity index (χ4n) is 1.62. The lowest BCUT2D eigenvalue weighted by Gasteiger charge is -2.10. The van der Waals surface area contributed by atoms with Gasteiger partial charge in [-0.25, -0.2) is 8.78 Å². The van der Waals surface area contributed by atoms with Gasteiger partial charge in [0, 0.05) is 6.07 Å². The molecule has 2 aromatic carbocycles. The van der Waals surface area contributed by atoms with Crippen molar-refractivity contribution in [2.75, 3.05) is 5.32 Å². The highest BCUT2D eigenvalue weighted by Gasteiger charge is 2.16. The molecule has 0 radical (unpaired) electrons. The van der Waals surface area contributed by atoms with E-state index in [0.29, 0.717) is 21.2 Å². The van der Waals surface area contributed by atoms with E-state index < -0.39 is 17.5 Å². The molecule has 0 aliphatic rings. The largest absolute Gasteiger partial charge is 0.321 e. The predicted octanol–water partition coefficient (Wildman–Crippen LogP) is 4.94. The maximum Gasteiger partial charge on any atom is 0.258 e. The standard InChI is InChI=1S/C14H9BrClF2NO/c1-7-5-8(11(18)6-10(7)17)14(20)19-12-4-2-3-9(16)13(12)15/h2-6H,1H3,(H,19,20). The molecule has 0 fully saturated rings. The Kier molecular flexibility index (Phi) is 4.40. The van der Waals surface area contributed by atoms with Gasteiger partial charge >= 0.3 is 0 Å². The number of hydrogen-bond acceptors (Lipinski definition) is 1. The predicted molar refractivity (Wildman–Crippen MR) is 78.2 cm³/mol. The number of carbonyl (C=O) groups excluding carboxylic acids is 1. The van der Waals surface area contributed by atoms with Crippen LogP contribution in [-0.2, 0) is 0 Å². The van der Waals surface area contributed by atoms with Crippen LogP contribution in [0.15, 0.2) is 34.8 Å². The van der Waals surface area contributed by atoms with Gasteiger partial charge in [-0.1, -0.05) is 17.7 Å². The van der Waals surface area contributed by atoms with Crippen LogP contribution < -0.4 is 5.32 Å². The van der Waals surface area contributed by atoms with Crippen molar-refractivity contribution < 1.29 is 13.6 Å². The van der Waals surface area contributed by atoms with Crippen molar-refractivity contribution in [2.24, 2.45) is 0 Å². The molecular weight excluding hydrogens is 352 g/mol. The molecule has 2 nitrogen and oxygen atoms in total. The molecule has 0 spiro atoms. The molecule has 0 aromatic heterocycles. The van der Waals surface area contributed by atoms with E-state index in [1.54, 1.807) is 18.2 Å². The molecule has 0 bridgehead atoms. The van der Waals surface area contributed by atoms with E-state index in [4.69, 9.17) is 11.6 Å². The third-order valence-electron chi connectivity index (χ3n) is 2.69. The van der Waals surface area contributed by atoms with Gasteiger partial charge in [0.05, 0.1) is 20.7 Å². The van der Waals surface area contributed by atoms with Gasteiger partial charge in [-0.3, -0.25) is 4.79 Å². The fourth-order valence-corrected chi connectivity index (χ4v) is 2.16. The lowest BCUT2D eigenvalue weighted by molar-refractivity contribution is 0.102. The van der Waals surface area contributed by atoms with Crippen molar-refractivity contribution in [1.29, 1.82) is 0 Å². The number of amides is 1. The van der Waals surface area contributed by atoms with E-state index in [2.05, 4.69) is 21.2 Å². The monoisotopic (exact) mass is 359 g/mol. The molecule has 1 amide bonds. The van der Waals surface area contributed by atoms with Gasteiger partial charge < -0.3 is 5.32 Å². The summed E-state index contributed by atoms with van der Waals surface area (Å²) in [5.41, 5.74) is 0.376. The first-order valence-corrected chi connectivity index (χ1v) is 6.78. The molecule has 0 saturated carbocycles. The summed E-state index contributed by atoms with van der Waals surface area (Å²) < 4.78 is 27.3. The highest BCUT2D eigenvalue weighted by atomic mass is 79.9. The Balaban J connectivity index is 2.33. The number of rotatable bonds is 2. The van der Waals surface area contributed by atoms with Crippen LogP contribution in [-0.4, -0.2) is 5.91 Å². The molecule has 2 aromatic rings. The summed E-state index contributed by atoms with van der Waals surface area (Å²) in [5.74, 6) is -2.28. The van der Waals surface area contributed by atoms with Crippen molar-refractivity contribution >= 4 is 39.1 Å². The van der Waals surface area contributed by atoms with Crippen LogP contribution in [0.2, 0.25) is 5.02 Å². The van der Waals surface area contributed by atoms with Crippen LogP contribution >= 0.6 is 27.5 Å². The van der Waals surface area contributed by atoms with Crippen LogP contribution in [0, 0.1) is 18.6 Å². The van der Waals surface area contributed by atoms with Gasteiger partial charge in [0.1, 0.15) is 11.6 Å². The molecule has 0 aliphatic heterocycles. The molecule has 6 heteroatoms. The highest BCUT2D eigenvalue weighted by Crippen LogP contribution is 2.30. The number of nitrogens with one attached hydrogen (secondary N) is 1. The Hall–Kier alpha value is -1.46. The van der Waals surface area contributed by atoms with Gasteiger partial charge in [-0.2, -0.15) is 0 Å². The first-order chi connectivity index (χ1) is 9.40. The van der Waals surface area contributed by atoms with E-state index in [1.165, 1.54) is 13.0 Å². The van der Waals surface area contributed by atoms with E-state index in [9.17, 15) is 13.6 Å². The minimum Gasteiger partial charge on any atom is -0.321 e. The van der Waals surface area contributed by atoms with Crippen LogP contribution in [0.5, 0.6) is 0 Å². The summed E-state index contributed by atoms with van der Waals surface area (Å²) >= 11 is 9.12. The van der Waals surface area contributed by atoms with Gasteiger partial charge in [0.15, 0.2) is 0 Å². The third-order valence-corrected chi connectivity index (χ3v) is 4.09. The second-order valence-corrected chi connectivity index (χ2v) is 5.34. The van der Waals surface area contributed by atoms with E-state index >= 15 is 0 Å².